The zero-order chi connectivity index (χ0) is 13.8. The lowest BCUT2D eigenvalue weighted by Crippen LogP contribution is -2.50. The fourth-order valence-electron chi connectivity index (χ4n) is 2.47. The Bertz CT molecular complexity index is 317. The van der Waals surface area contributed by atoms with Crippen molar-refractivity contribution in [1.82, 2.24) is 10.2 Å². The summed E-state index contributed by atoms with van der Waals surface area (Å²) >= 11 is 0. The van der Waals surface area contributed by atoms with Crippen molar-refractivity contribution in [1.29, 1.82) is 0 Å². The van der Waals surface area contributed by atoms with E-state index in [2.05, 4.69) is 10.1 Å². The van der Waals surface area contributed by atoms with Crippen LogP contribution in [-0.4, -0.2) is 50.6 Å². The van der Waals surface area contributed by atoms with Gasteiger partial charge in [0.2, 0.25) is 5.91 Å². The van der Waals surface area contributed by atoms with Crippen LogP contribution in [0.5, 0.6) is 0 Å². The fourth-order valence-corrected chi connectivity index (χ4v) is 2.47. The number of nitrogens with zero attached hydrogens (tertiary/aromatic N) is 1. The predicted octanol–water partition coefficient (Wildman–Crippen LogP) is 1.07. The smallest absolute Gasteiger partial charge is 0.310 e. The average Bonchev–Trinajstić information content (AvgIpc) is 2.37. The molecule has 0 radical (unpaired) electrons. The summed E-state index contributed by atoms with van der Waals surface area (Å²) in [6, 6.07) is 0. The van der Waals surface area contributed by atoms with Gasteiger partial charge >= 0.3 is 5.97 Å². The molecule has 1 heterocycles. The zero-order valence-corrected chi connectivity index (χ0v) is 13.0. The minimum Gasteiger partial charge on any atom is -0.469 e. The van der Waals surface area contributed by atoms with Crippen molar-refractivity contribution in [2.45, 2.75) is 26.7 Å². The Morgan fingerprint density at radius 2 is 2.11 bits per heavy atom. The number of piperidine rings is 1. The second-order valence-electron chi connectivity index (χ2n) is 5.45. The Morgan fingerprint density at radius 3 is 2.58 bits per heavy atom. The van der Waals surface area contributed by atoms with E-state index in [1.165, 1.54) is 7.11 Å². The van der Waals surface area contributed by atoms with Crippen LogP contribution in [0.2, 0.25) is 0 Å². The minimum atomic E-state index is -0.344. The van der Waals surface area contributed by atoms with Crippen molar-refractivity contribution >= 4 is 24.3 Å². The summed E-state index contributed by atoms with van der Waals surface area (Å²) in [5.74, 6) is -0.462. The Kier molecular flexibility index (Phi) is 7.37. The molecule has 2 atom stereocenters. The van der Waals surface area contributed by atoms with Gasteiger partial charge in [-0.15, -0.1) is 12.4 Å². The van der Waals surface area contributed by atoms with E-state index in [1.54, 1.807) is 18.9 Å². The van der Waals surface area contributed by atoms with E-state index in [0.717, 1.165) is 19.4 Å². The highest BCUT2D eigenvalue weighted by atomic mass is 35.5. The van der Waals surface area contributed by atoms with Crippen molar-refractivity contribution in [2.75, 3.05) is 33.8 Å². The SMILES string of the molecule is COC(=O)C(C)CN(C)C(=O)C1(C)CCCNC1.Cl. The fraction of sp³-hybridized carbons (Fsp3) is 0.846. The van der Waals surface area contributed by atoms with E-state index in [0.29, 0.717) is 13.1 Å². The number of nitrogens with one attached hydrogen (secondary N) is 1. The Hall–Kier alpha value is -0.810. The molecule has 1 N–H and O–H groups in total. The molecule has 0 aliphatic carbocycles. The number of amides is 1. The third kappa shape index (κ3) is 4.66. The normalized spacial score (nSPS) is 24.0. The van der Waals surface area contributed by atoms with Gasteiger partial charge in [0, 0.05) is 20.1 Å². The summed E-state index contributed by atoms with van der Waals surface area (Å²) in [5, 5.41) is 3.26. The lowest BCUT2D eigenvalue weighted by molar-refractivity contribution is -0.148. The molecule has 0 aromatic heterocycles. The summed E-state index contributed by atoms with van der Waals surface area (Å²) in [5.41, 5.74) is -0.344. The molecule has 19 heavy (non-hydrogen) atoms. The monoisotopic (exact) mass is 292 g/mol. The average molecular weight is 293 g/mol. The summed E-state index contributed by atoms with van der Waals surface area (Å²) in [6.45, 7) is 5.85. The molecule has 2 unspecified atom stereocenters. The first-order valence-corrected chi connectivity index (χ1v) is 6.45. The van der Waals surface area contributed by atoms with Crippen LogP contribution in [0.15, 0.2) is 0 Å². The van der Waals surface area contributed by atoms with Crippen LogP contribution in [0.4, 0.5) is 0 Å². The molecule has 1 aliphatic heterocycles. The lowest BCUT2D eigenvalue weighted by atomic mass is 9.81. The molecule has 1 saturated heterocycles. The number of ether oxygens (including phenoxy) is 1. The highest BCUT2D eigenvalue weighted by Gasteiger charge is 2.37. The van der Waals surface area contributed by atoms with Gasteiger partial charge in [0.05, 0.1) is 18.4 Å². The third-order valence-corrected chi connectivity index (χ3v) is 3.61. The molecular weight excluding hydrogens is 268 g/mol. The second-order valence-corrected chi connectivity index (χ2v) is 5.45. The van der Waals surface area contributed by atoms with Crippen molar-refractivity contribution in [3.05, 3.63) is 0 Å². The molecule has 0 aromatic rings. The number of carbonyl (C=O) groups is 2. The molecule has 0 saturated carbocycles. The van der Waals surface area contributed by atoms with Crippen molar-refractivity contribution in [2.24, 2.45) is 11.3 Å². The van der Waals surface area contributed by atoms with E-state index in [-0.39, 0.29) is 35.6 Å². The molecule has 112 valence electrons. The molecule has 1 amide bonds. The summed E-state index contributed by atoms with van der Waals surface area (Å²) in [7, 11) is 3.12. The maximum absolute atomic E-state index is 12.4. The van der Waals surface area contributed by atoms with Gasteiger partial charge in [-0.2, -0.15) is 0 Å². The van der Waals surface area contributed by atoms with Gasteiger partial charge in [-0.05, 0) is 26.3 Å². The zero-order valence-electron chi connectivity index (χ0n) is 12.2. The molecule has 1 rings (SSSR count). The van der Waals surface area contributed by atoms with E-state index >= 15 is 0 Å². The molecule has 1 aliphatic rings. The molecular formula is C13H25ClN2O3. The first-order valence-electron chi connectivity index (χ1n) is 6.45. The lowest BCUT2D eigenvalue weighted by Gasteiger charge is -2.36. The van der Waals surface area contributed by atoms with Crippen LogP contribution in [0.1, 0.15) is 26.7 Å². The maximum Gasteiger partial charge on any atom is 0.310 e. The number of hydrogen-bond acceptors (Lipinski definition) is 4. The second kappa shape index (κ2) is 7.70. The van der Waals surface area contributed by atoms with Gasteiger partial charge in [0.15, 0.2) is 0 Å². The van der Waals surface area contributed by atoms with Gasteiger partial charge in [0.25, 0.3) is 0 Å². The Morgan fingerprint density at radius 1 is 1.47 bits per heavy atom. The van der Waals surface area contributed by atoms with Crippen LogP contribution < -0.4 is 5.32 Å². The van der Waals surface area contributed by atoms with Gasteiger partial charge in [-0.3, -0.25) is 9.59 Å². The van der Waals surface area contributed by atoms with Crippen LogP contribution in [0, 0.1) is 11.3 Å². The van der Waals surface area contributed by atoms with Gasteiger partial charge < -0.3 is 15.0 Å². The van der Waals surface area contributed by atoms with E-state index in [4.69, 9.17) is 0 Å². The molecule has 6 heteroatoms. The molecule has 1 fully saturated rings. The number of halogens is 1. The third-order valence-electron chi connectivity index (χ3n) is 3.61. The first kappa shape index (κ1) is 18.2. The van der Waals surface area contributed by atoms with Crippen molar-refractivity contribution in [3.63, 3.8) is 0 Å². The van der Waals surface area contributed by atoms with Crippen molar-refractivity contribution < 1.29 is 14.3 Å². The highest BCUT2D eigenvalue weighted by Crippen LogP contribution is 2.27. The predicted molar refractivity (Wildman–Crippen MR) is 76.3 cm³/mol. The molecule has 5 nitrogen and oxygen atoms in total. The van der Waals surface area contributed by atoms with Gasteiger partial charge in [-0.25, -0.2) is 0 Å². The van der Waals surface area contributed by atoms with E-state index < -0.39 is 0 Å². The van der Waals surface area contributed by atoms with Gasteiger partial charge in [-0.1, -0.05) is 6.92 Å². The van der Waals surface area contributed by atoms with Crippen LogP contribution in [-0.2, 0) is 14.3 Å². The molecule has 0 bridgehead atoms. The summed E-state index contributed by atoms with van der Waals surface area (Å²) < 4.78 is 4.67. The van der Waals surface area contributed by atoms with Crippen LogP contribution >= 0.6 is 12.4 Å². The summed E-state index contributed by atoms with van der Waals surface area (Å²) in [4.78, 5) is 25.4. The highest BCUT2D eigenvalue weighted by molar-refractivity contribution is 5.85. The molecule has 0 spiro atoms. The standard InChI is InChI=1S/C13H24N2O3.ClH/c1-10(11(16)18-4)8-15(3)12(17)13(2)6-5-7-14-9-13;/h10,14H,5-9H2,1-4H3;1H. The largest absolute Gasteiger partial charge is 0.469 e. The first-order chi connectivity index (χ1) is 8.40. The van der Waals surface area contributed by atoms with Gasteiger partial charge in [0.1, 0.15) is 0 Å². The number of esters is 1. The maximum atomic E-state index is 12.4. The number of carbonyl (C=O) groups excluding carboxylic acids is 2. The van der Waals surface area contributed by atoms with Crippen molar-refractivity contribution in [3.8, 4) is 0 Å². The van der Waals surface area contributed by atoms with Crippen LogP contribution in [0.3, 0.4) is 0 Å². The Labute approximate surface area is 121 Å². The number of methoxy groups -OCH3 is 1. The number of rotatable bonds is 4. The minimum absolute atomic E-state index is 0. The molecule has 0 aromatic carbocycles. The topological polar surface area (TPSA) is 58.6 Å². The Balaban J connectivity index is 0.00000324. The van der Waals surface area contributed by atoms with E-state index in [1.807, 2.05) is 6.92 Å². The quantitative estimate of drug-likeness (QED) is 0.788. The summed E-state index contributed by atoms with van der Waals surface area (Å²) in [6.07, 6.45) is 1.92. The number of hydrogen-bond donors (Lipinski definition) is 1. The van der Waals surface area contributed by atoms with Crippen LogP contribution in [0.25, 0.3) is 0 Å². The van der Waals surface area contributed by atoms with E-state index in [9.17, 15) is 9.59 Å².